The smallest absolute Gasteiger partial charge is 0.141 e. The molecule has 0 aliphatic rings. The molecule has 0 radical (unpaired) electrons. The minimum absolute atomic E-state index is 0.0623. The van der Waals surface area contributed by atoms with Crippen molar-refractivity contribution in [3.05, 3.63) is 48.1 Å². The predicted molar refractivity (Wildman–Crippen MR) is 62.7 cm³/mol. The van der Waals surface area contributed by atoms with E-state index in [-0.39, 0.29) is 11.9 Å². The van der Waals surface area contributed by atoms with Gasteiger partial charge >= 0.3 is 0 Å². The van der Waals surface area contributed by atoms with Crippen molar-refractivity contribution in [1.29, 1.82) is 0 Å². The van der Waals surface area contributed by atoms with Crippen LogP contribution in [0, 0.1) is 5.82 Å². The molecule has 1 atom stereocenters. The first kappa shape index (κ1) is 11.7. The predicted octanol–water partition coefficient (Wildman–Crippen LogP) is 1.80. The normalized spacial score (nSPS) is 12.6. The monoisotopic (exact) mass is 234 g/mol. The summed E-state index contributed by atoms with van der Waals surface area (Å²) in [6.45, 7) is 2.65. The number of nitrogens with zero attached hydrogens (tertiary/aromatic N) is 3. The van der Waals surface area contributed by atoms with Crippen LogP contribution in [0.5, 0.6) is 0 Å². The van der Waals surface area contributed by atoms with Gasteiger partial charge in [0, 0.05) is 25.5 Å². The van der Waals surface area contributed by atoms with E-state index in [1.54, 1.807) is 12.3 Å². The van der Waals surface area contributed by atoms with Crippen molar-refractivity contribution in [3.63, 3.8) is 0 Å². The largest absolute Gasteiger partial charge is 0.337 e. The molecule has 0 aromatic carbocycles. The molecule has 2 aromatic rings. The van der Waals surface area contributed by atoms with Gasteiger partial charge in [-0.05, 0) is 19.1 Å². The third-order valence-electron chi connectivity index (χ3n) is 2.68. The Morgan fingerprint density at radius 3 is 2.82 bits per heavy atom. The summed E-state index contributed by atoms with van der Waals surface area (Å²) in [5.74, 6) is 0.643. The lowest BCUT2D eigenvalue weighted by molar-refractivity contribution is 0.534. The highest BCUT2D eigenvalue weighted by Crippen LogP contribution is 2.10. The quantitative estimate of drug-likeness (QED) is 0.877. The molecule has 0 spiro atoms. The standard InChI is InChI=1S/C12H15FN4/c1-9(11-4-3-10(13)7-16-11)15-8-12-14-5-6-17(12)2/h3-7,9,15H,8H2,1-2H3. The first-order valence-electron chi connectivity index (χ1n) is 5.48. The molecule has 0 saturated carbocycles. The molecule has 0 amide bonds. The average Bonchev–Trinajstić information content (AvgIpc) is 2.73. The van der Waals surface area contributed by atoms with Crippen molar-refractivity contribution >= 4 is 0 Å². The molecular weight excluding hydrogens is 219 g/mol. The van der Waals surface area contributed by atoms with Gasteiger partial charge in [0.15, 0.2) is 0 Å². The molecular formula is C12H15FN4. The van der Waals surface area contributed by atoms with Crippen LogP contribution in [0.4, 0.5) is 4.39 Å². The summed E-state index contributed by atoms with van der Waals surface area (Å²) in [5, 5.41) is 3.29. The Hall–Kier alpha value is -1.75. The lowest BCUT2D eigenvalue weighted by Gasteiger charge is -2.12. The Morgan fingerprint density at radius 1 is 1.41 bits per heavy atom. The number of aromatic nitrogens is 3. The van der Waals surface area contributed by atoms with Gasteiger partial charge in [0.05, 0.1) is 18.4 Å². The van der Waals surface area contributed by atoms with Crippen LogP contribution >= 0.6 is 0 Å². The van der Waals surface area contributed by atoms with Crippen LogP contribution in [-0.2, 0) is 13.6 Å². The SMILES string of the molecule is CC(NCc1nccn1C)c1ccc(F)cn1. The zero-order valence-electron chi connectivity index (χ0n) is 9.89. The molecule has 2 heterocycles. The Kier molecular flexibility index (Phi) is 3.49. The van der Waals surface area contributed by atoms with E-state index in [0.717, 1.165) is 11.5 Å². The van der Waals surface area contributed by atoms with E-state index >= 15 is 0 Å². The van der Waals surface area contributed by atoms with E-state index in [9.17, 15) is 4.39 Å². The fraction of sp³-hybridized carbons (Fsp3) is 0.333. The highest BCUT2D eigenvalue weighted by atomic mass is 19.1. The average molecular weight is 234 g/mol. The third kappa shape index (κ3) is 2.88. The molecule has 90 valence electrons. The van der Waals surface area contributed by atoms with Gasteiger partial charge in [-0.1, -0.05) is 0 Å². The second kappa shape index (κ2) is 5.05. The summed E-state index contributed by atoms with van der Waals surface area (Å²) < 4.78 is 14.7. The number of imidazole rings is 1. The van der Waals surface area contributed by atoms with E-state index in [4.69, 9.17) is 0 Å². The van der Waals surface area contributed by atoms with Crippen molar-refractivity contribution in [1.82, 2.24) is 19.9 Å². The van der Waals surface area contributed by atoms with Crippen molar-refractivity contribution in [2.24, 2.45) is 7.05 Å². The Balaban J connectivity index is 1.95. The molecule has 0 aliphatic carbocycles. The fourth-order valence-corrected chi connectivity index (χ4v) is 1.56. The first-order valence-corrected chi connectivity index (χ1v) is 5.48. The topological polar surface area (TPSA) is 42.7 Å². The molecule has 1 unspecified atom stereocenters. The molecule has 0 bridgehead atoms. The highest BCUT2D eigenvalue weighted by molar-refractivity contribution is 5.09. The first-order chi connectivity index (χ1) is 8.16. The minimum Gasteiger partial charge on any atom is -0.337 e. The number of hydrogen-bond acceptors (Lipinski definition) is 3. The van der Waals surface area contributed by atoms with Gasteiger partial charge < -0.3 is 9.88 Å². The van der Waals surface area contributed by atoms with Crippen LogP contribution in [0.15, 0.2) is 30.7 Å². The van der Waals surface area contributed by atoms with Gasteiger partial charge in [0.25, 0.3) is 0 Å². The third-order valence-corrected chi connectivity index (χ3v) is 2.68. The zero-order chi connectivity index (χ0) is 12.3. The number of aryl methyl sites for hydroxylation is 1. The Labute approximate surface area is 99.5 Å². The van der Waals surface area contributed by atoms with Gasteiger partial charge in [-0.2, -0.15) is 0 Å². The second-order valence-corrected chi connectivity index (χ2v) is 3.96. The van der Waals surface area contributed by atoms with E-state index in [1.807, 2.05) is 24.7 Å². The number of nitrogens with one attached hydrogen (secondary N) is 1. The molecule has 5 heteroatoms. The summed E-state index contributed by atoms with van der Waals surface area (Å²) >= 11 is 0. The molecule has 17 heavy (non-hydrogen) atoms. The van der Waals surface area contributed by atoms with Crippen molar-refractivity contribution < 1.29 is 4.39 Å². The van der Waals surface area contributed by atoms with Crippen LogP contribution in [0.2, 0.25) is 0 Å². The Morgan fingerprint density at radius 2 is 2.24 bits per heavy atom. The number of pyridine rings is 1. The maximum Gasteiger partial charge on any atom is 0.141 e. The van der Waals surface area contributed by atoms with E-state index < -0.39 is 0 Å². The van der Waals surface area contributed by atoms with Crippen LogP contribution in [-0.4, -0.2) is 14.5 Å². The molecule has 4 nitrogen and oxygen atoms in total. The molecule has 2 rings (SSSR count). The van der Waals surface area contributed by atoms with Crippen LogP contribution in [0.3, 0.4) is 0 Å². The molecule has 0 fully saturated rings. The number of hydrogen-bond donors (Lipinski definition) is 1. The summed E-state index contributed by atoms with van der Waals surface area (Å²) in [6.07, 6.45) is 4.89. The van der Waals surface area contributed by atoms with Crippen molar-refractivity contribution in [2.45, 2.75) is 19.5 Å². The van der Waals surface area contributed by atoms with Crippen LogP contribution in [0.25, 0.3) is 0 Å². The fourth-order valence-electron chi connectivity index (χ4n) is 1.56. The van der Waals surface area contributed by atoms with Gasteiger partial charge in [0.1, 0.15) is 11.6 Å². The van der Waals surface area contributed by atoms with E-state index in [2.05, 4.69) is 15.3 Å². The molecule has 1 N–H and O–H groups in total. The zero-order valence-corrected chi connectivity index (χ0v) is 9.89. The van der Waals surface area contributed by atoms with Gasteiger partial charge in [0.2, 0.25) is 0 Å². The maximum absolute atomic E-state index is 12.7. The molecule has 0 aliphatic heterocycles. The summed E-state index contributed by atoms with van der Waals surface area (Å²) in [6, 6.07) is 3.17. The van der Waals surface area contributed by atoms with Crippen molar-refractivity contribution in [3.8, 4) is 0 Å². The highest BCUT2D eigenvalue weighted by Gasteiger charge is 2.07. The number of rotatable bonds is 4. The maximum atomic E-state index is 12.7. The van der Waals surface area contributed by atoms with Gasteiger partial charge in [-0.3, -0.25) is 4.98 Å². The molecule has 2 aromatic heterocycles. The van der Waals surface area contributed by atoms with E-state index in [1.165, 1.54) is 12.3 Å². The van der Waals surface area contributed by atoms with E-state index in [0.29, 0.717) is 6.54 Å². The van der Waals surface area contributed by atoms with Gasteiger partial charge in [-0.25, -0.2) is 9.37 Å². The number of halogens is 1. The van der Waals surface area contributed by atoms with Crippen LogP contribution < -0.4 is 5.32 Å². The molecule has 0 saturated heterocycles. The van der Waals surface area contributed by atoms with Crippen molar-refractivity contribution in [2.75, 3.05) is 0 Å². The van der Waals surface area contributed by atoms with Gasteiger partial charge in [-0.15, -0.1) is 0 Å². The second-order valence-electron chi connectivity index (χ2n) is 3.96. The summed E-state index contributed by atoms with van der Waals surface area (Å²) in [4.78, 5) is 8.25. The minimum atomic E-state index is -0.315. The lowest BCUT2D eigenvalue weighted by atomic mass is 10.2. The summed E-state index contributed by atoms with van der Waals surface area (Å²) in [5.41, 5.74) is 0.820. The Bertz CT molecular complexity index is 478. The van der Waals surface area contributed by atoms with Crippen LogP contribution in [0.1, 0.15) is 24.5 Å². The summed E-state index contributed by atoms with van der Waals surface area (Å²) in [7, 11) is 1.95. The lowest BCUT2D eigenvalue weighted by Crippen LogP contribution is -2.21.